The Hall–Kier alpha value is -1.10. The summed E-state index contributed by atoms with van der Waals surface area (Å²) in [6.45, 7) is 1.97. The summed E-state index contributed by atoms with van der Waals surface area (Å²) in [6, 6.07) is -0.543. The molecule has 0 radical (unpaired) electrons. The summed E-state index contributed by atoms with van der Waals surface area (Å²) in [5.41, 5.74) is 10.3. The van der Waals surface area contributed by atoms with Crippen LogP contribution in [0.15, 0.2) is 0 Å². The predicted molar refractivity (Wildman–Crippen MR) is 66.0 cm³/mol. The first kappa shape index (κ1) is 14.0. The molecule has 1 atom stereocenters. The highest BCUT2D eigenvalue weighted by Crippen LogP contribution is 2.28. The Labute approximate surface area is 102 Å². The number of carbonyl (C=O) groups is 2. The third-order valence-corrected chi connectivity index (χ3v) is 3.48. The Balaban J connectivity index is 2.66. The van der Waals surface area contributed by atoms with Gasteiger partial charge in [0.05, 0.1) is 6.04 Å². The van der Waals surface area contributed by atoms with E-state index in [1.54, 1.807) is 0 Å². The van der Waals surface area contributed by atoms with Gasteiger partial charge in [-0.15, -0.1) is 0 Å². The molecule has 0 aromatic heterocycles. The standard InChI is InChI=1S/C12H23N3O2/c1-2-6-9(13)10(16)15-12(11(14)17)7-4-3-5-8-12/h9H,2-8,13H2,1H3,(H2,14,17)(H,15,16). The molecule has 0 heterocycles. The van der Waals surface area contributed by atoms with Crippen LogP contribution in [-0.4, -0.2) is 23.4 Å². The lowest BCUT2D eigenvalue weighted by Gasteiger charge is -2.35. The molecule has 0 aliphatic heterocycles. The predicted octanol–water partition coefficient (Wildman–Crippen LogP) is 0.418. The van der Waals surface area contributed by atoms with E-state index < -0.39 is 17.5 Å². The van der Waals surface area contributed by atoms with Gasteiger partial charge < -0.3 is 16.8 Å². The van der Waals surface area contributed by atoms with Gasteiger partial charge in [-0.2, -0.15) is 0 Å². The van der Waals surface area contributed by atoms with E-state index in [4.69, 9.17) is 11.5 Å². The monoisotopic (exact) mass is 241 g/mol. The number of carbonyl (C=O) groups excluding carboxylic acids is 2. The van der Waals surface area contributed by atoms with E-state index in [1.165, 1.54) is 0 Å². The first-order valence-electron chi connectivity index (χ1n) is 6.39. The molecule has 1 aliphatic rings. The van der Waals surface area contributed by atoms with Gasteiger partial charge in [0.25, 0.3) is 0 Å². The van der Waals surface area contributed by atoms with Crippen LogP contribution in [0.1, 0.15) is 51.9 Å². The van der Waals surface area contributed by atoms with Crippen molar-refractivity contribution in [2.24, 2.45) is 11.5 Å². The second kappa shape index (κ2) is 6.00. The summed E-state index contributed by atoms with van der Waals surface area (Å²) in [7, 11) is 0. The summed E-state index contributed by atoms with van der Waals surface area (Å²) in [5, 5.41) is 2.78. The zero-order valence-corrected chi connectivity index (χ0v) is 10.5. The minimum absolute atomic E-state index is 0.257. The lowest BCUT2D eigenvalue weighted by molar-refractivity contribution is -0.133. The van der Waals surface area contributed by atoms with E-state index in [1.807, 2.05) is 6.92 Å². The maximum atomic E-state index is 11.9. The molecule has 5 nitrogen and oxygen atoms in total. The van der Waals surface area contributed by atoms with E-state index in [9.17, 15) is 9.59 Å². The van der Waals surface area contributed by atoms with E-state index in [0.29, 0.717) is 19.3 Å². The molecule has 98 valence electrons. The first-order valence-corrected chi connectivity index (χ1v) is 6.39. The van der Waals surface area contributed by atoms with Crippen molar-refractivity contribution in [3.63, 3.8) is 0 Å². The number of amides is 2. The lowest BCUT2D eigenvalue weighted by Crippen LogP contribution is -2.61. The molecule has 1 saturated carbocycles. The van der Waals surface area contributed by atoms with Gasteiger partial charge in [0.2, 0.25) is 11.8 Å². The van der Waals surface area contributed by atoms with Crippen LogP contribution < -0.4 is 16.8 Å². The fourth-order valence-corrected chi connectivity index (χ4v) is 2.36. The van der Waals surface area contributed by atoms with Crippen LogP contribution in [0, 0.1) is 0 Å². The van der Waals surface area contributed by atoms with Gasteiger partial charge in [0, 0.05) is 0 Å². The molecule has 0 bridgehead atoms. The molecule has 0 saturated heterocycles. The van der Waals surface area contributed by atoms with E-state index in [0.717, 1.165) is 25.7 Å². The third-order valence-electron chi connectivity index (χ3n) is 3.48. The maximum Gasteiger partial charge on any atom is 0.243 e. The number of primary amides is 1. The molecule has 17 heavy (non-hydrogen) atoms. The topological polar surface area (TPSA) is 98.2 Å². The number of rotatable bonds is 5. The average Bonchev–Trinajstić information content (AvgIpc) is 2.30. The van der Waals surface area contributed by atoms with Crippen molar-refractivity contribution < 1.29 is 9.59 Å². The quantitative estimate of drug-likeness (QED) is 0.650. The zero-order chi connectivity index (χ0) is 12.9. The van der Waals surface area contributed by atoms with Gasteiger partial charge in [-0.25, -0.2) is 0 Å². The Morgan fingerprint density at radius 3 is 2.35 bits per heavy atom. The minimum atomic E-state index is -0.860. The fourth-order valence-electron chi connectivity index (χ4n) is 2.36. The van der Waals surface area contributed by atoms with Crippen LogP contribution in [0.5, 0.6) is 0 Å². The molecule has 5 N–H and O–H groups in total. The van der Waals surface area contributed by atoms with E-state index >= 15 is 0 Å². The van der Waals surface area contributed by atoms with Crippen molar-refractivity contribution in [1.82, 2.24) is 5.32 Å². The van der Waals surface area contributed by atoms with Crippen LogP contribution in [0.4, 0.5) is 0 Å². The molecule has 0 spiro atoms. The summed E-state index contributed by atoms with van der Waals surface area (Å²) >= 11 is 0. The van der Waals surface area contributed by atoms with Crippen LogP contribution in [0.25, 0.3) is 0 Å². The van der Waals surface area contributed by atoms with Crippen molar-refractivity contribution in [3.8, 4) is 0 Å². The summed E-state index contributed by atoms with van der Waals surface area (Å²) in [5.74, 6) is -0.693. The molecular weight excluding hydrogens is 218 g/mol. The van der Waals surface area contributed by atoms with Crippen LogP contribution >= 0.6 is 0 Å². The van der Waals surface area contributed by atoms with Crippen molar-refractivity contribution >= 4 is 11.8 Å². The largest absolute Gasteiger partial charge is 0.368 e. The fraction of sp³-hybridized carbons (Fsp3) is 0.833. The highest BCUT2D eigenvalue weighted by Gasteiger charge is 2.39. The van der Waals surface area contributed by atoms with Gasteiger partial charge in [0.1, 0.15) is 5.54 Å². The maximum absolute atomic E-state index is 11.9. The normalized spacial score (nSPS) is 20.6. The number of hydrogen-bond acceptors (Lipinski definition) is 3. The van der Waals surface area contributed by atoms with E-state index in [2.05, 4.69) is 5.32 Å². The van der Waals surface area contributed by atoms with Gasteiger partial charge in [0.15, 0.2) is 0 Å². The van der Waals surface area contributed by atoms with Crippen LogP contribution in [0.2, 0.25) is 0 Å². The summed E-state index contributed by atoms with van der Waals surface area (Å²) in [4.78, 5) is 23.4. The van der Waals surface area contributed by atoms with Gasteiger partial charge in [-0.3, -0.25) is 9.59 Å². The van der Waals surface area contributed by atoms with Crippen LogP contribution in [0.3, 0.4) is 0 Å². The molecule has 1 unspecified atom stereocenters. The van der Waals surface area contributed by atoms with Crippen LogP contribution in [-0.2, 0) is 9.59 Å². The van der Waals surface area contributed by atoms with Crippen molar-refractivity contribution in [2.75, 3.05) is 0 Å². The van der Waals surface area contributed by atoms with Gasteiger partial charge in [-0.1, -0.05) is 32.6 Å². The highest BCUT2D eigenvalue weighted by molar-refractivity contribution is 5.92. The second-order valence-electron chi connectivity index (χ2n) is 4.89. The Bertz CT molecular complexity index is 285. The second-order valence-corrected chi connectivity index (χ2v) is 4.89. The molecule has 5 heteroatoms. The lowest BCUT2D eigenvalue weighted by atomic mass is 9.81. The molecule has 2 amide bonds. The highest BCUT2D eigenvalue weighted by atomic mass is 16.2. The van der Waals surface area contributed by atoms with Gasteiger partial charge in [-0.05, 0) is 19.3 Å². The zero-order valence-electron chi connectivity index (χ0n) is 10.5. The summed E-state index contributed by atoms with van der Waals surface area (Å²) < 4.78 is 0. The SMILES string of the molecule is CCCC(N)C(=O)NC1(C(N)=O)CCCCC1. The molecular formula is C12H23N3O2. The van der Waals surface area contributed by atoms with Crippen molar-refractivity contribution in [2.45, 2.75) is 63.5 Å². The Morgan fingerprint density at radius 2 is 1.88 bits per heavy atom. The molecule has 0 aromatic rings. The number of nitrogens with two attached hydrogens (primary N) is 2. The molecule has 1 aliphatic carbocycles. The minimum Gasteiger partial charge on any atom is -0.368 e. The number of nitrogens with one attached hydrogen (secondary N) is 1. The van der Waals surface area contributed by atoms with Crippen molar-refractivity contribution in [1.29, 1.82) is 0 Å². The molecule has 1 fully saturated rings. The van der Waals surface area contributed by atoms with Gasteiger partial charge >= 0.3 is 0 Å². The smallest absolute Gasteiger partial charge is 0.243 e. The van der Waals surface area contributed by atoms with E-state index in [-0.39, 0.29) is 5.91 Å². The average molecular weight is 241 g/mol. The molecule has 1 rings (SSSR count). The first-order chi connectivity index (χ1) is 8.02. The Morgan fingerprint density at radius 1 is 1.29 bits per heavy atom. The van der Waals surface area contributed by atoms with Crippen molar-refractivity contribution in [3.05, 3.63) is 0 Å². The third kappa shape index (κ3) is 3.43. The molecule has 0 aromatic carbocycles. The number of hydrogen-bond donors (Lipinski definition) is 3. The summed E-state index contributed by atoms with van der Waals surface area (Å²) in [6.07, 6.45) is 5.67. The Kier molecular flexibility index (Phi) is 4.93.